The van der Waals surface area contributed by atoms with Gasteiger partial charge < -0.3 is 9.30 Å². The van der Waals surface area contributed by atoms with Crippen LogP contribution < -0.4 is 4.74 Å². The molecule has 0 aliphatic carbocycles. The highest BCUT2D eigenvalue weighted by Gasteiger charge is 2.36. The van der Waals surface area contributed by atoms with Crippen molar-refractivity contribution in [2.45, 2.75) is 34.6 Å². The number of fused-ring (bicyclic) bond motifs is 1. The van der Waals surface area contributed by atoms with Crippen molar-refractivity contribution in [3.05, 3.63) is 87.7 Å². The highest BCUT2D eigenvalue weighted by Crippen LogP contribution is 2.30. The maximum atomic E-state index is 12.9. The number of ether oxygens (including phenoxy) is 1. The van der Waals surface area contributed by atoms with Crippen LogP contribution in [0, 0.1) is 40.0 Å². The topological polar surface area (TPSA) is 83.0 Å². The van der Waals surface area contributed by atoms with Crippen LogP contribution in [0.1, 0.15) is 33.6 Å². The molecule has 2 aliphatic rings. The standard InChI is InChI=1S/C28H27N5O2S/c1-16-7-6-8-23(11-16)35-15-25-31-33-26(29)24(27(34)30-28(33)36-25)14-21-13-19(4)32(20(21)5)22-10-9-17(2)18(3)12-22/h6-14,29H,15H2,1-5H3. The Kier molecular flexibility index (Phi) is 6.14. The second kappa shape index (κ2) is 9.28. The lowest BCUT2D eigenvalue weighted by Gasteiger charge is -2.20. The van der Waals surface area contributed by atoms with E-state index in [2.05, 4.69) is 46.7 Å². The van der Waals surface area contributed by atoms with Gasteiger partial charge in [-0.3, -0.25) is 10.2 Å². The first-order chi connectivity index (χ1) is 17.2. The van der Waals surface area contributed by atoms with Crippen LogP contribution in [0.5, 0.6) is 5.75 Å². The number of carbonyl (C=O) groups is 1. The summed E-state index contributed by atoms with van der Waals surface area (Å²) in [5, 5.41) is 15.6. The minimum Gasteiger partial charge on any atom is -0.487 e. The molecule has 2 aliphatic heterocycles. The fourth-order valence-electron chi connectivity index (χ4n) is 4.29. The number of aryl methyl sites for hydroxylation is 4. The van der Waals surface area contributed by atoms with Gasteiger partial charge >= 0.3 is 0 Å². The Balaban J connectivity index is 1.40. The van der Waals surface area contributed by atoms with Crippen molar-refractivity contribution < 1.29 is 9.53 Å². The van der Waals surface area contributed by atoms with Gasteiger partial charge in [0.05, 0.1) is 5.57 Å². The number of thioether (sulfide) groups is 1. The Morgan fingerprint density at radius 2 is 1.83 bits per heavy atom. The van der Waals surface area contributed by atoms with Crippen molar-refractivity contribution in [3.8, 4) is 11.4 Å². The molecule has 0 spiro atoms. The summed E-state index contributed by atoms with van der Waals surface area (Å²) in [4.78, 5) is 17.1. The summed E-state index contributed by atoms with van der Waals surface area (Å²) in [6, 6.07) is 16.2. The molecule has 0 atom stereocenters. The Morgan fingerprint density at radius 1 is 1.03 bits per heavy atom. The normalized spacial score (nSPS) is 16.4. The molecule has 3 aromatic rings. The first-order valence-corrected chi connectivity index (χ1v) is 12.5. The number of hydrogen-bond acceptors (Lipinski definition) is 5. The number of carbonyl (C=O) groups excluding carboxylic acids is 1. The summed E-state index contributed by atoms with van der Waals surface area (Å²) in [5.74, 6) is 0.320. The van der Waals surface area contributed by atoms with E-state index in [0.717, 1.165) is 34.0 Å². The third-order valence-corrected chi connectivity index (χ3v) is 7.25. The molecule has 0 saturated carbocycles. The molecule has 5 rings (SSSR count). The number of amidine groups is 2. The molecular formula is C28H27N5O2S. The average molecular weight is 498 g/mol. The minimum atomic E-state index is -0.439. The molecule has 3 heterocycles. The van der Waals surface area contributed by atoms with E-state index in [1.54, 1.807) is 6.08 Å². The molecule has 36 heavy (non-hydrogen) atoms. The molecule has 0 radical (unpaired) electrons. The van der Waals surface area contributed by atoms with Crippen molar-refractivity contribution in [3.63, 3.8) is 0 Å². The molecule has 2 aromatic carbocycles. The number of amides is 1. The van der Waals surface area contributed by atoms with Gasteiger partial charge in [-0.2, -0.15) is 15.1 Å². The number of aliphatic imine (C=N–C) groups is 1. The van der Waals surface area contributed by atoms with Crippen LogP contribution >= 0.6 is 11.8 Å². The summed E-state index contributed by atoms with van der Waals surface area (Å²) in [6.45, 7) is 10.5. The second-order valence-electron chi connectivity index (χ2n) is 9.05. The summed E-state index contributed by atoms with van der Waals surface area (Å²) in [5.41, 5.74) is 7.76. The van der Waals surface area contributed by atoms with E-state index >= 15 is 0 Å². The van der Waals surface area contributed by atoms with Gasteiger partial charge in [0.2, 0.25) is 5.17 Å². The van der Waals surface area contributed by atoms with Crippen LogP contribution in [-0.2, 0) is 4.79 Å². The summed E-state index contributed by atoms with van der Waals surface area (Å²) in [7, 11) is 0. The van der Waals surface area contributed by atoms with Gasteiger partial charge in [-0.15, -0.1) is 0 Å². The first kappa shape index (κ1) is 23.8. The van der Waals surface area contributed by atoms with Gasteiger partial charge in [0, 0.05) is 17.1 Å². The molecule has 182 valence electrons. The van der Waals surface area contributed by atoms with Crippen molar-refractivity contribution in [2.75, 3.05) is 6.61 Å². The van der Waals surface area contributed by atoms with Crippen LogP contribution in [0.4, 0.5) is 0 Å². The van der Waals surface area contributed by atoms with Gasteiger partial charge in [0.25, 0.3) is 5.91 Å². The number of benzene rings is 2. The van der Waals surface area contributed by atoms with Crippen LogP contribution in [0.15, 0.2) is 64.2 Å². The molecule has 1 amide bonds. The quantitative estimate of drug-likeness (QED) is 0.457. The van der Waals surface area contributed by atoms with E-state index in [0.29, 0.717) is 10.2 Å². The lowest BCUT2D eigenvalue weighted by molar-refractivity contribution is -0.114. The maximum Gasteiger partial charge on any atom is 0.283 e. The van der Waals surface area contributed by atoms with Crippen LogP contribution in [0.3, 0.4) is 0 Å². The predicted octanol–water partition coefficient (Wildman–Crippen LogP) is 5.72. The average Bonchev–Trinajstić information content (AvgIpc) is 3.37. The Bertz CT molecular complexity index is 1510. The maximum absolute atomic E-state index is 12.9. The van der Waals surface area contributed by atoms with Crippen LogP contribution in [0.25, 0.3) is 11.8 Å². The molecule has 1 aromatic heterocycles. The smallest absolute Gasteiger partial charge is 0.283 e. The number of hydrazone groups is 1. The summed E-state index contributed by atoms with van der Waals surface area (Å²) < 4.78 is 8.01. The number of nitrogens with zero attached hydrogens (tertiary/aromatic N) is 4. The largest absolute Gasteiger partial charge is 0.487 e. The van der Waals surface area contributed by atoms with E-state index in [4.69, 9.17) is 10.1 Å². The Labute approximate surface area is 214 Å². The molecule has 0 unspecified atom stereocenters. The highest BCUT2D eigenvalue weighted by molar-refractivity contribution is 8.27. The third-order valence-electron chi connectivity index (χ3n) is 6.37. The second-order valence-corrected chi connectivity index (χ2v) is 10.1. The molecule has 0 saturated heterocycles. The van der Waals surface area contributed by atoms with Crippen molar-refractivity contribution in [1.82, 2.24) is 9.58 Å². The van der Waals surface area contributed by atoms with E-state index < -0.39 is 5.91 Å². The van der Waals surface area contributed by atoms with Crippen molar-refractivity contribution in [2.24, 2.45) is 10.1 Å². The van der Waals surface area contributed by atoms with Gasteiger partial charge in [-0.25, -0.2) is 0 Å². The lowest BCUT2D eigenvalue weighted by Crippen LogP contribution is -2.35. The number of hydrogen-bond donors (Lipinski definition) is 1. The van der Waals surface area contributed by atoms with Crippen molar-refractivity contribution in [1.29, 1.82) is 5.41 Å². The number of aromatic nitrogens is 1. The fraction of sp³-hybridized carbons (Fsp3) is 0.214. The molecule has 7 nitrogen and oxygen atoms in total. The van der Waals surface area contributed by atoms with E-state index in [1.165, 1.54) is 27.9 Å². The molecule has 0 bridgehead atoms. The summed E-state index contributed by atoms with van der Waals surface area (Å²) in [6.07, 6.45) is 1.74. The zero-order chi connectivity index (χ0) is 25.6. The fourth-order valence-corrected chi connectivity index (χ4v) is 5.09. The Morgan fingerprint density at radius 3 is 2.58 bits per heavy atom. The molecule has 0 fully saturated rings. The number of nitrogens with one attached hydrogen (secondary N) is 1. The van der Waals surface area contributed by atoms with E-state index in [1.807, 2.05) is 51.1 Å². The van der Waals surface area contributed by atoms with Gasteiger partial charge in [-0.05, 0) is 105 Å². The number of rotatable bonds is 5. The lowest BCUT2D eigenvalue weighted by atomic mass is 10.1. The highest BCUT2D eigenvalue weighted by atomic mass is 32.2. The van der Waals surface area contributed by atoms with Crippen LogP contribution in [-0.4, -0.2) is 38.1 Å². The van der Waals surface area contributed by atoms with Gasteiger partial charge in [-0.1, -0.05) is 18.2 Å². The molecular weight excluding hydrogens is 470 g/mol. The molecule has 1 N–H and O–H groups in total. The molecule has 8 heteroatoms. The van der Waals surface area contributed by atoms with Crippen molar-refractivity contribution >= 4 is 39.8 Å². The minimum absolute atomic E-state index is 0.0130. The SMILES string of the molecule is Cc1cccc(OCC2=NN3C(=N)C(=Cc4cc(C)n(-c5ccc(C)c(C)c5)c4C)C(=O)N=C3S2)c1. The van der Waals surface area contributed by atoms with E-state index in [-0.39, 0.29) is 18.0 Å². The third kappa shape index (κ3) is 4.40. The summed E-state index contributed by atoms with van der Waals surface area (Å²) >= 11 is 1.25. The monoisotopic (exact) mass is 497 g/mol. The van der Waals surface area contributed by atoms with Crippen LogP contribution in [0.2, 0.25) is 0 Å². The van der Waals surface area contributed by atoms with Gasteiger partial charge in [0.1, 0.15) is 17.4 Å². The zero-order valence-electron chi connectivity index (χ0n) is 20.9. The first-order valence-electron chi connectivity index (χ1n) is 11.7. The predicted molar refractivity (Wildman–Crippen MR) is 146 cm³/mol. The zero-order valence-corrected chi connectivity index (χ0v) is 21.7. The Hall–Kier alpha value is -3.91. The van der Waals surface area contributed by atoms with E-state index in [9.17, 15) is 4.79 Å². The van der Waals surface area contributed by atoms with Gasteiger partial charge in [0.15, 0.2) is 5.84 Å².